The van der Waals surface area contributed by atoms with E-state index in [1.165, 1.54) is 16.7 Å². The molecule has 1 amide bonds. The third-order valence-electron chi connectivity index (χ3n) is 3.23. The van der Waals surface area contributed by atoms with E-state index >= 15 is 0 Å². The number of ketones is 3. The van der Waals surface area contributed by atoms with Gasteiger partial charge in [0.1, 0.15) is 5.92 Å². The molecule has 1 aliphatic rings. The maximum absolute atomic E-state index is 12.1. The summed E-state index contributed by atoms with van der Waals surface area (Å²) in [6.07, 6.45) is 0.848. The molecule has 112 valence electrons. The summed E-state index contributed by atoms with van der Waals surface area (Å²) in [6, 6.07) is 0. The lowest BCUT2D eigenvalue weighted by Crippen LogP contribution is -2.53. The zero-order valence-electron chi connectivity index (χ0n) is 12.2. The van der Waals surface area contributed by atoms with Crippen molar-refractivity contribution >= 4 is 35.0 Å². The standard InChI is InChI=1S/C14H21NO4S/c1-4-6-10(16)13-11(17)7-15(8-12(13)18)14(19)9(3)20-5-2/h9,13H,4-8H2,1-3H3. The lowest BCUT2D eigenvalue weighted by molar-refractivity contribution is -0.150. The molecule has 5 nitrogen and oxygen atoms in total. The Morgan fingerprint density at radius 3 is 2.25 bits per heavy atom. The van der Waals surface area contributed by atoms with Crippen LogP contribution in [-0.4, -0.2) is 52.2 Å². The summed E-state index contributed by atoms with van der Waals surface area (Å²) in [5, 5.41) is -0.275. The SMILES string of the molecule is CCCC(=O)C1C(=O)CN(C(=O)C(C)SCC)CC1=O. The van der Waals surface area contributed by atoms with Crippen molar-refractivity contribution in [3.63, 3.8) is 0 Å². The van der Waals surface area contributed by atoms with Crippen molar-refractivity contribution in [2.75, 3.05) is 18.8 Å². The van der Waals surface area contributed by atoms with Crippen LogP contribution in [0.4, 0.5) is 0 Å². The van der Waals surface area contributed by atoms with Crippen molar-refractivity contribution < 1.29 is 19.2 Å². The fourth-order valence-corrected chi connectivity index (χ4v) is 3.07. The molecule has 1 fully saturated rings. The normalized spacial score (nSPS) is 18.2. The monoisotopic (exact) mass is 299 g/mol. The highest BCUT2D eigenvalue weighted by Gasteiger charge is 2.40. The Morgan fingerprint density at radius 2 is 1.80 bits per heavy atom. The summed E-state index contributed by atoms with van der Waals surface area (Å²) >= 11 is 1.47. The minimum atomic E-state index is -1.15. The number of hydrogen-bond donors (Lipinski definition) is 0. The summed E-state index contributed by atoms with van der Waals surface area (Å²) in [7, 11) is 0. The van der Waals surface area contributed by atoms with Gasteiger partial charge >= 0.3 is 0 Å². The lowest BCUT2D eigenvalue weighted by atomic mass is 9.88. The Balaban J connectivity index is 2.73. The van der Waals surface area contributed by atoms with Crippen LogP contribution in [0.2, 0.25) is 0 Å². The molecule has 0 bridgehead atoms. The molecule has 1 heterocycles. The molecule has 0 aliphatic carbocycles. The molecule has 1 rings (SSSR count). The Hall–Kier alpha value is -1.17. The van der Waals surface area contributed by atoms with Crippen molar-refractivity contribution in [3.8, 4) is 0 Å². The van der Waals surface area contributed by atoms with Gasteiger partial charge in [-0.2, -0.15) is 0 Å². The Labute approximate surface area is 123 Å². The number of Topliss-reactive ketones (excluding diaryl/α,β-unsaturated/α-hetero) is 3. The van der Waals surface area contributed by atoms with Crippen LogP contribution in [0.15, 0.2) is 0 Å². The highest BCUT2D eigenvalue weighted by atomic mass is 32.2. The smallest absolute Gasteiger partial charge is 0.236 e. The number of thioether (sulfide) groups is 1. The summed E-state index contributed by atoms with van der Waals surface area (Å²) in [4.78, 5) is 49.1. The molecular formula is C14H21NO4S. The van der Waals surface area contributed by atoms with Crippen LogP contribution < -0.4 is 0 Å². The fraction of sp³-hybridized carbons (Fsp3) is 0.714. The maximum Gasteiger partial charge on any atom is 0.236 e. The molecule has 0 aromatic heterocycles. The third kappa shape index (κ3) is 3.91. The predicted molar refractivity (Wildman–Crippen MR) is 77.6 cm³/mol. The molecule has 0 saturated carbocycles. The van der Waals surface area contributed by atoms with Gasteiger partial charge in [0.25, 0.3) is 0 Å². The Morgan fingerprint density at radius 1 is 1.25 bits per heavy atom. The summed E-state index contributed by atoms with van der Waals surface area (Å²) < 4.78 is 0. The second-order valence-corrected chi connectivity index (χ2v) is 6.49. The zero-order valence-corrected chi connectivity index (χ0v) is 13.0. The van der Waals surface area contributed by atoms with Gasteiger partial charge in [0.05, 0.1) is 18.3 Å². The molecule has 20 heavy (non-hydrogen) atoms. The molecule has 0 N–H and O–H groups in total. The topological polar surface area (TPSA) is 71.5 Å². The van der Waals surface area contributed by atoms with Crippen molar-refractivity contribution in [2.24, 2.45) is 5.92 Å². The number of piperidine rings is 1. The van der Waals surface area contributed by atoms with Gasteiger partial charge in [0, 0.05) is 6.42 Å². The number of likely N-dealkylation sites (tertiary alicyclic amines) is 1. The number of nitrogens with zero attached hydrogens (tertiary/aromatic N) is 1. The van der Waals surface area contributed by atoms with Crippen LogP contribution in [0.1, 0.15) is 33.6 Å². The van der Waals surface area contributed by atoms with Gasteiger partial charge in [0.2, 0.25) is 5.91 Å². The minimum absolute atomic E-state index is 0.126. The fourth-order valence-electron chi connectivity index (χ4n) is 2.28. The molecule has 1 atom stereocenters. The first kappa shape index (κ1) is 16.9. The first-order valence-electron chi connectivity index (χ1n) is 6.90. The van der Waals surface area contributed by atoms with Crippen molar-refractivity contribution in [1.82, 2.24) is 4.90 Å². The van der Waals surface area contributed by atoms with E-state index in [9.17, 15) is 19.2 Å². The van der Waals surface area contributed by atoms with Crippen molar-refractivity contribution in [2.45, 2.75) is 38.9 Å². The largest absolute Gasteiger partial charge is 0.327 e. The van der Waals surface area contributed by atoms with E-state index in [4.69, 9.17) is 0 Å². The van der Waals surface area contributed by atoms with E-state index in [2.05, 4.69) is 0 Å². The Kier molecular flexibility index (Phi) is 6.39. The van der Waals surface area contributed by atoms with Crippen LogP contribution in [-0.2, 0) is 19.2 Å². The molecule has 6 heteroatoms. The van der Waals surface area contributed by atoms with Gasteiger partial charge in [-0.05, 0) is 19.1 Å². The number of rotatable bonds is 6. The number of carbonyl (C=O) groups is 4. The average Bonchev–Trinajstić information content (AvgIpc) is 2.37. The number of carbonyl (C=O) groups excluding carboxylic acids is 4. The maximum atomic E-state index is 12.1. The average molecular weight is 299 g/mol. The highest BCUT2D eigenvalue weighted by molar-refractivity contribution is 8.00. The highest BCUT2D eigenvalue weighted by Crippen LogP contribution is 2.18. The van der Waals surface area contributed by atoms with E-state index in [1.807, 2.05) is 13.8 Å². The van der Waals surface area contributed by atoms with Crippen LogP contribution in [0.5, 0.6) is 0 Å². The van der Waals surface area contributed by atoms with Crippen LogP contribution in [0.25, 0.3) is 0 Å². The predicted octanol–water partition coefficient (Wildman–Crippen LogP) is 1.09. The second-order valence-electron chi connectivity index (χ2n) is 4.87. The molecule has 1 unspecified atom stereocenters. The van der Waals surface area contributed by atoms with Gasteiger partial charge in [-0.25, -0.2) is 0 Å². The third-order valence-corrected chi connectivity index (χ3v) is 4.27. The molecule has 0 aromatic rings. The number of amides is 1. The molecule has 0 radical (unpaired) electrons. The number of hydrogen-bond acceptors (Lipinski definition) is 5. The molecule has 0 spiro atoms. The first-order valence-corrected chi connectivity index (χ1v) is 7.95. The first-order chi connectivity index (χ1) is 9.42. The van der Waals surface area contributed by atoms with E-state index in [1.54, 1.807) is 6.92 Å². The van der Waals surface area contributed by atoms with Crippen LogP contribution in [0, 0.1) is 5.92 Å². The molecule has 0 aromatic carbocycles. The molecular weight excluding hydrogens is 278 g/mol. The van der Waals surface area contributed by atoms with Gasteiger partial charge in [-0.1, -0.05) is 13.8 Å². The van der Waals surface area contributed by atoms with Crippen LogP contribution >= 0.6 is 11.8 Å². The van der Waals surface area contributed by atoms with Gasteiger partial charge < -0.3 is 4.90 Å². The lowest BCUT2D eigenvalue weighted by Gasteiger charge is -2.30. The quantitative estimate of drug-likeness (QED) is 0.687. The summed E-state index contributed by atoms with van der Waals surface area (Å²) in [5.41, 5.74) is 0. The zero-order chi connectivity index (χ0) is 15.3. The van der Waals surface area contributed by atoms with Crippen molar-refractivity contribution in [3.05, 3.63) is 0 Å². The summed E-state index contributed by atoms with van der Waals surface area (Å²) in [6.45, 7) is 5.29. The van der Waals surface area contributed by atoms with E-state index in [0.29, 0.717) is 6.42 Å². The van der Waals surface area contributed by atoms with E-state index in [0.717, 1.165) is 5.75 Å². The van der Waals surface area contributed by atoms with E-state index < -0.39 is 17.5 Å². The molecule has 1 saturated heterocycles. The van der Waals surface area contributed by atoms with Gasteiger partial charge in [0.15, 0.2) is 17.3 Å². The van der Waals surface area contributed by atoms with Crippen LogP contribution in [0.3, 0.4) is 0 Å². The van der Waals surface area contributed by atoms with Gasteiger partial charge in [-0.15, -0.1) is 11.8 Å². The second kappa shape index (κ2) is 7.57. The minimum Gasteiger partial charge on any atom is -0.327 e. The van der Waals surface area contributed by atoms with Crippen molar-refractivity contribution in [1.29, 1.82) is 0 Å². The Bertz CT molecular complexity index is 403. The molecule has 1 aliphatic heterocycles. The van der Waals surface area contributed by atoms with Gasteiger partial charge in [-0.3, -0.25) is 19.2 Å². The summed E-state index contributed by atoms with van der Waals surface area (Å²) in [5.74, 6) is -1.76. The van der Waals surface area contributed by atoms with E-state index in [-0.39, 0.29) is 36.5 Å².